The molecule has 0 fully saturated rings. The Bertz CT molecular complexity index is 976. The Morgan fingerprint density at radius 2 is 1.62 bits per heavy atom. The van der Waals surface area contributed by atoms with E-state index in [1.807, 2.05) is 37.3 Å². The second kappa shape index (κ2) is 12.4. The van der Waals surface area contributed by atoms with Crippen LogP contribution in [0, 0.1) is 0 Å². The number of nitrogens with zero attached hydrogens (tertiary/aromatic N) is 1. The van der Waals surface area contributed by atoms with Crippen molar-refractivity contribution in [1.29, 1.82) is 0 Å². The summed E-state index contributed by atoms with van der Waals surface area (Å²) in [6, 6.07) is 15.5. The summed E-state index contributed by atoms with van der Waals surface area (Å²) in [7, 11) is -3.50. The molecule has 2 aromatic carbocycles. The van der Waals surface area contributed by atoms with E-state index in [4.69, 9.17) is 0 Å². The SMILES string of the molecule is CCCNC(=O)[C@H](C)N(Cc1ccccc1)C(=O)CCc1ccc(S(=O)(=O)NCC)cc1. The van der Waals surface area contributed by atoms with Crippen molar-refractivity contribution in [3.63, 3.8) is 0 Å². The average molecular weight is 460 g/mol. The lowest BCUT2D eigenvalue weighted by molar-refractivity contribution is -0.140. The second-order valence-corrected chi connectivity index (χ2v) is 9.39. The van der Waals surface area contributed by atoms with Gasteiger partial charge in [0.15, 0.2) is 0 Å². The molecule has 2 aromatic rings. The summed E-state index contributed by atoms with van der Waals surface area (Å²) in [5, 5.41) is 2.86. The summed E-state index contributed by atoms with van der Waals surface area (Å²) in [4.78, 5) is 27.4. The third-order valence-corrected chi connectivity index (χ3v) is 6.67. The number of amides is 2. The van der Waals surface area contributed by atoms with Crippen LogP contribution in [0.2, 0.25) is 0 Å². The number of aryl methyl sites for hydroxylation is 1. The van der Waals surface area contributed by atoms with Gasteiger partial charge in [-0.25, -0.2) is 13.1 Å². The van der Waals surface area contributed by atoms with E-state index in [9.17, 15) is 18.0 Å². The van der Waals surface area contributed by atoms with Gasteiger partial charge in [-0.2, -0.15) is 0 Å². The van der Waals surface area contributed by atoms with Crippen LogP contribution in [0.5, 0.6) is 0 Å². The molecule has 0 unspecified atom stereocenters. The van der Waals surface area contributed by atoms with Crippen molar-refractivity contribution < 1.29 is 18.0 Å². The van der Waals surface area contributed by atoms with Crippen LogP contribution in [0.1, 0.15) is 44.7 Å². The molecule has 1 atom stereocenters. The van der Waals surface area contributed by atoms with Gasteiger partial charge < -0.3 is 10.2 Å². The van der Waals surface area contributed by atoms with Gasteiger partial charge in [0.2, 0.25) is 21.8 Å². The minimum atomic E-state index is -3.50. The highest BCUT2D eigenvalue weighted by atomic mass is 32.2. The van der Waals surface area contributed by atoms with E-state index in [1.165, 1.54) is 0 Å². The van der Waals surface area contributed by atoms with E-state index in [1.54, 1.807) is 43.0 Å². The molecule has 0 saturated carbocycles. The third kappa shape index (κ3) is 7.46. The van der Waals surface area contributed by atoms with Gasteiger partial charge in [-0.15, -0.1) is 0 Å². The molecule has 0 radical (unpaired) electrons. The van der Waals surface area contributed by atoms with Crippen LogP contribution in [0.4, 0.5) is 0 Å². The number of nitrogens with one attached hydrogen (secondary N) is 2. The lowest BCUT2D eigenvalue weighted by Gasteiger charge is -2.29. The van der Waals surface area contributed by atoms with Gasteiger partial charge in [-0.1, -0.05) is 56.3 Å². The molecule has 8 heteroatoms. The molecule has 174 valence electrons. The lowest BCUT2D eigenvalue weighted by atomic mass is 10.1. The molecule has 7 nitrogen and oxygen atoms in total. The van der Waals surface area contributed by atoms with Crippen molar-refractivity contribution >= 4 is 21.8 Å². The smallest absolute Gasteiger partial charge is 0.242 e. The maximum atomic E-state index is 13.1. The molecule has 0 aliphatic rings. The van der Waals surface area contributed by atoms with Crippen LogP contribution < -0.4 is 10.0 Å². The average Bonchev–Trinajstić information content (AvgIpc) is 2.80. The first-order valence-electron chi connectivity index (χ1n) is 11.0. The van der Waals surface area contributed by atoms with Crippen molar-refractivity contribution in [2.24, 2.45) is 0 Å². The second-order valence-electron chi connectivity index (χ2n) is 7.62. The molecule has 2 rings (SSSR count). The zero-order chi connectivity index (χ0) is 23.6. The van der Waals surface area contributed by atoms with Gasteiger partial charge >= 0.3 is 0 Å². The molecule has 0 aliphatic carbocycles. The number of hydrogen-bond acceptors (Lipinski definition) is 4. The quantitative estimate of drug-likeness (QED) is 0.510. The summed E-state index contributed by atoms with van der Waals surface area (Å²) in [6.07, 6.45) is 1.50. The van der Waals surface area contributed by atoms with Crippen molar-refractivity contribution in [1.82, 2.24) is 14.9 Å². The summed E-state index contributed by atoms with van der Waals surface area (Å²) < 4.78 is 26.6. The highest BCUT2D eigenvalue weighted by Gasteiger charge is 2.25. The van der Waals surface area contributed by atoms with Crippen LogP contribution in [0.25, 0.3) is 0 Å². The molecular weight excluding hydrogens is 426 g/mol. The zero-order valence-corrected chi connectivity index (χ0v) is 19.8. The van der Waals surface area contributed by atoms with Crippen LogP contribution in [-0.4, -0.2) is 44.3 Å². The molecule has 32 heavy (non-hydrogen) atoms. The number of sulfonamides is 1. The molecule has 0 bridgehead atoms. The van der Waals surface area contributed by atoms with E-state index in [2.05, 4.69) is 10.0 Å². The maximum Gasteiger partial charge on any atom is 0.242 e. The van der Waals surface area contributed by atoms with E-state index < -0.39 is 16.1 Å². The molecule has 2 amide bonds. The standard InChI is InChI=1S/C24H33N3O4S/c1-4-17-25-24(29)19(3)27(18-21-9-7-6-8-10-21)23(28)16-13-20-11-14-22(15-12-20)32(30,31)26-5-2/h6-12,14-15,19,26H,4-5,13,16-18H2,1-3H3,(H,25,29)/t19-/m0/s1. The summed E-state index contributed by atoms with van der Waals surface area (Å²) in [6.45, 7) is 6.68. The first kappa shape index (κ1) is 25.5. The van der Waals surface area contributed by atoms with Gasteiger partial charge in [0.1, 0.15) is 6.04 Å². The number of carbonyl (C=O) groups is 2. The molecule has 0 spiro atoms. The van der Waals surface area contributed by atoms with Crippen molar-refractivity contribution in [2.75, 3.05) is 13.1 Å². The van der Waals surface area contributed by atoms with Gasteiger partial charge in [0.25, 0.3) is 0 Å². The molecule has 0 aromatic heterocycles. The fourth-order valence-corrected chi connectivity index (χ4v) is 4.30. The Morgan fingerprint density at radius 1 is 0.969 bits per heavy atom. The normalized spacial score (nSPS) is 12.2. The summed E-state index contributed by atoms with van der Waals surface area (Å²) in [5.41, 5.74) is 1.81. The Balaban J connectivity index is 2.09. The largest absolute Gasteiger partial charge is 0.354 e. The monoisotopic (exact) mass is 459 g/mol. The zero-order valence-electron chi connectivity index (χ0n) is 19.0. The Kier molecular flexibility index (Phi) is 9.87. The number of rotatable bonds is 12. The summed E-state index contributed by atoms with van der Waals surface area (Å²) in [5.74, 6) is -0.300. The van der Waals surface area contributed by atoms with E-state index in [0.717, 1.165) is 17.5 Å². The first-order chi connectivity index (χ1) is 15.3. The molecule has 0 heterocycles. The van der Waals surface area contributed by atoms with Gasteiger partial charge in [0.05, 0.1) is 4.90 Å². The van der Waals surface area contributed by atoms with Gasteiger partial charge in [-0.3, -0.25) is 9.59 Å². The first-order valence-corrected chi connectivity index (χ1v) is 12.5. The van der Waals surface area contributed by atoms with Gasteiger partial charge in [-0.05, 0) is 43.0 Å². The Morgan fingerprint density at radius 3 is 2.22 bits per heavy atom. The number of hydrogen-bond donors (Lipinski definition) is 2. The fourth-order valence-electron chi connectivity index (χ4n) is 3.26. The minimum absolute atomic E-state index is 0.127. The fraction of sp³-hybridized carbons (Fsp3) is 0.417. The van der Waals surface area contributed by atoms with Gasteiger partial charge in [0, 0.05) is 26.1 Å². The maximum absolute atomic E-state index is 13.1. The summed E-state index contributed by atoms with van der Waals surface area (Å²) >= 11 is 0. The molecule has 0 aliphatic heterocycles. The Labute approximate surface area is 191 Å². The van der Waals surface area contributed by atoms with Crippen LogP contribution in [0.3, 0.4) is 0 Å². The van der Waals surface area contributed by atoms with Crippen molar-refractivity contribution in [3.05, 3.63) is 65.7 Å². The molecule has 0 saturated heterocycles. The number of benzene rings is 2. The third-order valence-electron chi connectivity index (χ3n) is 5.11. The van der Waals surface area contributed by atoms with Crippen LogP contribution >= 0.6 is 0 Å². The minimum Gasteiger partial charge on any atom is -0.354 e. The predicted molar refractivity (Wildman–Crippen MR) is 125 cm³/mol. The highest BCUT2D eigenvalue weighted by molar-refractivity contribution is 7.89. The molecule has 2 N–H and O–H groups in total. The molecular formula is C24H33N3O4S. The highest BCUT2D eigenvalue weighted by Crippen LogP contribution is 2.15. The van der Waals surface area contributed by atoms with Crippen LogP contribution in [0.15, 0.2) is 59.5 Å². The van der Waals surface area contributed by atoms with E-state index in [-0.39, 0.29) is 23.1 Å². The predicted octanol–water partition coefficient (Wildman–Crippen LogP) is 2.86. The van der Waals surface area contributed by atoms with E-state index in [0.29, 0.717) is 26.1 Å². The number of carbonyl (C=O) groups excluding carboxylic acids is 2. The lowest BCUT2D eigenvalue weighted by Crippen LogP contribution is -2.47. The Hall–Kier alpha value is -2.71. The van der Waals surface area contributed by atoms with Crippen molar-refractivity contribution in [3.8, 4) is 0 Å². The van der Waals surface area contributed by atoms with Crippen molar-refractivity contribution in [2.45, 2.75) is 57.5 Å². The van der Waals surface area contributed by atoms with Crippen LogP contribution in [-0.2, 0) is 32.6 Å². The topological polar surface area (TPSA) is 95.6 Å². The van der Waals surface area contributed by atoms with E-state index >= 15 is 0 Å².